The van der Waals surface area contributed by atoms with Gasteiger partial charge in [0.2, 0.25) is 0 Å². The summed E-state index contributed by atoms with van der Waals surface area (Å²) < 4.78 is 37.9. The molecule has 0 atom stereocenters. The molecule has 3 nitrogen and oxygen atoms in total. The molecule has 0 spiro atoms. The number of benzene rings is 2. The van der Waals surface area contributed by atoms with Gasteiger partial charge in [-0.2, -0.15) is 0 Å². The van der Waals surface area contributed by atoms with Gasteiger partial charge in [-0.25, -0.2) is 12.8 Å². The van der Waals surface area contributed by atoms with E-state index < -0.39 is 15.7 Å². The van der Waals surface area contributed by atoms with Gasteiger partial charge in [0.1, 0.15) is 5.82 Å². The van der Waals surface area contributed by atoms with Crippen molar-refractivity contribution in [3.8, 4) is 0 Å². The molecule has 2 rings (SSSR count). The van der Waals surface area contributed by atoms with Crippen LogP contribution in [-0.2, 0) is 27.9 Å². The average molecular weight is 307 g/mol. The Labute approximate surface area is 124 Å². The third-order valence-corrected chi connectivity index (χ3v) is 4.76. The molecule has 0 bridgehead atoms. The molecule has 0 radical (unpaired) electrons. The first-order valence-corrected chi connectivity index (χ1v) is 8.45. The summed E-state index contributed by atoms with van der Waals surface area (Å²) in [5, 5.41) is 0. The van der Waals surface area contributed by atoms with E-state index in [9.17, 15) is 12.8 Å². The molecule has 112 valence electrons. The fourth-order valence-electron chi connectivity index (χ4n) is 2.27. The number of sulfone groups is 1. The summed E-state index contributed by atoms with van der Waals surface area (Å²) in [6, 6.07) is 11.4. The van der Waals surface area contributed by atoms with Gasteiger partial charge in [0, 0.05) is 6.54 Å². The molecule has 0 aromatic heterocycles. The topological polar surface area (TPSA) is 60.2 Å². The van der Waals surface area contributed by atoms with Crippen LogP contribution in [0, 0.1) is 12.7 Å². The summed E-state index contributed by atoms with van der Waals surface area (Å²) in [4.78, 5) is 0. The molecule has 2 N–H and O–H groups in total. The summed E-state index contributed by atoms with van der Waals surface area (Å²) >= 11 is 0. The smallest absolute Gasteiger partial charge is 0.158 e. The minimum Gasteiger partial charge on any atom is -0.326 e. The number of hydrogen-bond acceptors (Lipinski definition) is 3. The first kappa shape index (κ1) is 15.7. The Morgan fingerprint density at radius 3 is 2.48 bits per heavy atom. The van der Waals surface area contributed by atoms with Crippen LogP contribution in [0.1, 0.15) is 22.3 Å². The van der Waals surface area contributed by atoms with Gasteiger partial charge in [0.05, 0.1) is 11.5 Å². The first-order chi connectivity index (χ1) is 9.89. The van der Waals surface area contributed by atoms with Crippen LogP contribution >= 0.6 is 0 Å². The van der Waals surface area contributed by atoms with Crippen molar-refractivity contribution in [1.29, 1.82) is 0 Å². The molecule has 5 heteroatoms. The molecule has 21 heavy (non-hydrogen) atoms. The molecule has 2 aromatic rings. The van der Waals surface area contributed by atoms with Crippen molar-refractivity contribution in [3.63, 3.8) is 0 Å². The number of hydrogen-bond donors (Lipinski definition) is 1. The van der Waals surface area contributed by atoms with Crippen molar-refractivity contribution in [2.45, 2.75) is 25.0 Å². The molecule has 0 aliphatic rings. The van der Waals surface area contributed by atoms with E-state index in [2.05, 4.69) is 0 Å². The summed E-state index contributed by atoms with van der Waals surface area (Å²) in [6.45, 7) is 2.10. The molecular weight excluding hydrogens is 289 g/mol. The second-order valence-corrected chi connectivity index (χ2v) is 7.20. The van der Waals surface area contributed by atoms with E-state index in [0.29, 0.717) is 11.1 Å². The highest BCUT2D eigenvalue weighted by molar-refractivity contribution is 7.89. The second kappa shape index (κ2) is 6.37. The van der Waals surface area contributed by atoms with Crippen LogP contribution in [-0.4, -0.2) is 8.42 Å². The molecule has 0 heterocycles. The zero-order valence-electron chi connectivity index (χ0n) is 11.8. The Morgan fingerprint density at radius 1 is 1.05 bits per heavy atom. The molecule has 0 aliphatic heterocycles. The highest BCUT2D eigenvalue weighted by Gasteiger charge is 2.16. The lowest BCUT2D eigenvalue weighted by Gasteiger charge is -2.09. The van der Waals surface area contributed by atoms with Crippen molar-refractivity contribution in [2.24, 2.45) is 5.73 Å². The first-order valence-electron chi connectivity index (χ1n) is 6.63. The quantitative estimate of drug-likeness (QED) is 0.924. The van der Waals surface area contributed by atoms with Gasteiger partial charge < -0.3 is 5.73 Å². The number of rotatable bonds is 5. The van der Waals surface area contributed by atoms with E-state index in [0.717, 1.165) is 11.1 Å². The van der Waals surface area contributed by atoms with E-state index >= 15 is 0 Å². The van der Waals surface area contributed by atoms with Crippen LogP contribution in [0.25, 0.3) is 0 Å². The highest BCUT2D eigenvalue weighted by atomic mass is 32.2. The van der Waals surface area contributed by atoms with Crippen molar-refractivity contribution in [3.05, 3.63) is 70.5 Å². The lowest BCUT2D eigenvalue weighted by atomic mass is 10.1. The average Bonchev–Trinajstić information content (AvgIpc) is 2.37. The van der Waals surface area contributed by atoms with E-state index in [1.807, 2.05) is 25.1 Å². The summed E-state index contributed by atoms with van der Waals surface area (Å²) in [5.41, 5.74) is 8.41. The Hall–Kier alpha value is -1.72. The second-order valence-electron chi connectivity index (χ2n) is 5.14. The van der Waals surface area contributed by atoms with Crippen LogP contribution in [0.3, 0.4) is 0 Å². The molecule has 0 saturated heterocycles. The number of halogens is 1. The highest BCUT2D eigenvalue weighted by Crippen LogP contribution is 2.18. The lowest BCUT2D eigenvalue weighted by Crippen LogP contribution is -2.11. The van der Waals surface area contributed by atoms with E-state index in [-0.39, 0.29) is 18.1 Å². The predicted octanol–water partition coefficient (Wildman–Crippen LogP) is 2.71. The van der Waals surface area contributed by atoms with Gasteiger partial charge >= 0.3 is 0 Å². The van der Waals surface area contributed by atoms with Crippen molar-refractivity contribution < 1.29 is 12.8 Å². The Balaban J connectivity index is 2.23. The van der Waals surface area contributed by atoms with Crippen LogP contribution < -0.4 is 5.73 Å². The SMILES string of the molecule is Cc1cccc(CS(=O)(=O)Cc2cc(F)ccc2CN)c1. The van der Waals surface area contributed by atoms with Crippen molar-refractivity contribution in [2.75, 3.05) is 0 Å². The van der Waals surface area contributed by atoms with Crippen molar-refractivity contribution in [1.82, 2.24) is 0 Å². The van der Waals surface area contributed by atoms with Crippen LogP contribution in [0.2, 0.25) is 0 Å². The molecule has 2 aromatic carbocycles. The molecule has 0 saturated carbocycles. The van der Waals surface area contributed by atoms with E-state index in [1.165, 1.54) is 18.2 Å². The number of aryl methyl sites for hydroxylation is 1. The minimum absolute atomic E-state index is 0.0603. The van der Waals surface area contributed by atoms with Crippen LogP contribution in [0.5, 0.6) is 0 Å². The standard InChI is InChI=1S/C16H18FNO2S/c1-12-3-2-4-13(7-12)10-21(19,20)11-15-8-16(17)6-5-14(15)9-18/h2-8H,9-11,18H2,1H3. The van der Waals surface area contributed by atoms with Gasteiger partial charge in [-0.1, -0.05) is 35.9 Å². The lowest BCUT2D eigenvalue weighted by molar-refractivity contribution is 0.593. The maximum Gasteiger partial charge on any atom is 0.158 e. The van der Waals surface area contributed by atoms with Crippen molar-refractivity contribution >= 4 is 9.84 Å². The van der Waals surface area contributed by atoms with E-state index in [4.69, 9.17) is 5.73 Å². The third-order valence-electron chi connectivity index (χ3n) is 3.23. The fourth-order valence-corrected chi connectivity index (χ4v) is 3.80. The molecule has 0 fully saturated rings. The Kier molecular flexibility index (Phi) is 4.75. The largest absolute Gasteiger partial charge is 0.326 e. The fraction of sp³-hybridized carbons (Fsp3) is 0.250. The normalized spacial score (nSPS) is 11.6. The zero-order valence-corrected chi connectivity index (χ0v) is 12.7. The van der Waals surface area contributed by atoms with Crippen LogP contribution in [0.15, 0.2) is 42.5 Å². The van der Waals surface area contributed by atoms with Gasteiger partial charge in [-0.15, -0.1) is 0 Å². The van der Waals surface area contributed by atoms with Crippen LogP contribution in [0.4, 0.5) is 4.39 Å². The zero-order chi connectivity index (χ0) is 15.5. The van der Waals surface area contributed by atoms with Gasteiger partial charge in [-0.05, 0) is 35.7 Å². The monoisotopic (exact) mass is 307 g/mol. The maximum atomic E-state index is 13.3. The predicted molar refractivity (Wildman–Crippen MR) is 81.8 cm³/mol. The summed E-state index contributed by atoms with van der Waals surface area (Å²) in [7, 11) is -3.38. The third kappa shape index (κ3) is 4.37. The molecular formula is C16H18FNO2S. The molecule has 0 aliphatic carbocycles. The van der Waals surface area contributed by atoms with Gasteiger partial charge in [-0.3, -0.25) is 0 Å². The number of nitrogens with two attached hydrogens (primary N) is 1. The van der Waals surface area contributed by atoms with E-state index in [1.54, 1.807) is 6.07 Å². The van der Waals surface area contributed by atoms with Gasteiger partial charge in [0.15, 0.2) is 9.84 Å². The summed E-state index contributed by atoms with van der Waals surface area (Å²) in [6.07, 6.45) is 0. The Bertz CT molecular complexity index is 742. The Morgan fingerprint density at radius 2 is 1.81 bits per heavy atom. The minimum atomic E-state index is -3.38. The molecule has 0 amide bonds. The summed E-state index contributed by atoms with van der Waals surface area (Å²) in [5.74, 6) is -0.714. The maximum absolute atomic E-state index is 13.3. The molecule has 0 unspecified atom stereocenters. The van der Waals surface area contributed by atoms with Gasteiger partial charge in [0.25, 0.3) is 0 Å².